The molecular formula is C24H22N2O2. The van der Waals surface area contributed by atoms with Crippen molar-refractivity contribution in [2.45, 2.75) is 18.2 Å². The number of ether oxygens (including phenoxy) is 2. The highest BCUT2D eigenvalue weighted by Gasteiger charge is 2.59. The highest BCUT2D eigenvalue weighted by atomic mass is 16.5. The molecule has 2 heterocycles. The zero-order chi connectivity index (χ0) is 19.1. The Labute approximate surface area is 165 Å². The van der Waals surface area contributed by atoms with Gasteiger partial charge < -0.3 is 9.47 Å². The van der Waals surface area contributed by atoms with Gasteiger partial charge in [0.2, 0.25) is 0 Å². The fraction of sp³-hybridized carbons (Fsp3) is 0.208. The topological polar surface area (TPSA) is 33.8 Å². The van der Waals surface area contributed by atoms with Crippen molar-refractivity contribution in [1.29, 1.82) is 0 Å². The maximum absolute atomic E-state index is 5.62. The van der Waals surface area contributed by atoms with Gasteiger partial charge in [-0.25, -0.2) is 0 Å². The third-order valence-electron chi connectivity index (χ3n) is 5.62. The van der Waals surface area contributed by atoms with Crippen molar-refractivity contribution in [2.24, 2.45) is 4.99 Å². The zero-order valence-corrected chi connectivity index (χ0v) is 15.9. The predicted molar refractivity (Wildman–Crippen MR) is 110 cm³/mol. The van der Waals surface area contributed by atoms with Gasteiger partial charge in [0.1, 0.15) is 17.7 Å². The van der Waals surface area contributed by atoms with E-state index in [1.807, 2.05) is 24.3 Å². The molecular weight excluding hydrogens is 348 g/mol. The summed E-state index contributed by atoms with van der Waals surface area (Å²) in [5.41, 5.74) is 4.71. The Balaban J connectivity index is 1.57. The van der Waals surface area contributed by atoms with Crippen molar-refractivity contribution in [1.82, 2.24) is 4.90 Å². The molecule has 5 rings (SSSR count). The van der Waals surface area contributed by atoms with E-state index in [4.69, 9.17) is 14.5 Å². The molecule has 3 aromatic carbocycles. The molecule has 0 saturated carbocycles. The van der Waals surface area contributed by atoms with Crippen molar-refractivity contribution in [3.8, 4) is 11.5 Å². The van der Waals surface area contributed by atoms with Crippen LogP contribution < -0.4 is 9.47 Å². The summed E-state index contributed by atoms with van der Waals surface area (Å²) in [4.78, 5) is 7.59. The molecule has 1 unspecified atom stereocenters. The van der Waals surface area contributed by atoms with Crippen LogP contribution in [-0.2, 0) is 0 Å². The maximum Gasteiger partial charge on any atom is 0.133 e. The second kappa shape index (κ2) is 6.80. The van der Waals surface area contributed by atoms with Gasteiger partial charge in [-0.1, -0.05) is 48.5 Å². The highest BCUT2D eigenvalue weighted by Crippen LogP contribution is 2.56. The molecule has 0 amide bonds. The van der Waals surface area contributed by atoms with Gasteiger partial charge in [-0.3, -0.25) is 9.89 Å². The highest BCUT2D eigenvalue weighted by molar-refractivity contribution is 6.08. The molecule has 0 aliphatic carbocycles. The molecule has 4 atom stereocenters. The Morgan fingerprint density at radius 2 is 1.46 bits per heavy atom. The number of rotatable bonds is 5. The molecule has 140 valence electrons. The van der Waals surface area contributed by atoms with Crippen LogP contribution in [0, 0.1) is 0 Å². The first-order valence-corrected chi connectivity index (χ1v) is 9.49. The lowest BCUT2D eigenvalue weighted by atomic mass is 10.0. The second-order valence-corrected chi connectivity index (χ2v) is 7.11. The molecule has 4 heteroatoms. The van der Waals surface area contributed by atoms with Gasteiger partial charge in [0.15, 0.2) is 0 Å². The molecule has 2 aliphatic rings. The average molecular weight is 370 g/mol. The van der Waals surface area contributed by atoms with Crippen molar-refractivity contribution < 1.29 is 9.47 Å². The molecule has 0 spiro atoms. The monoisotopic (exact) mass is 370 g/mol. The van der Waals surface area contributed by atoms with E-state index in [1.165, 1.54) is 5.56 Å². The van der Waals surface area contributed by atoms with Crippen molar-refractivity contribution in [3.63, 3.8) is 0 Å². The summed E-state index contributed by atoms with van der Waals surface area (Å²) >= 11 is 0. The van der Waals surface area contributed by atoms with Crippen LogP contribution in [0.3, 0.4) is 0 Å². The van der Waals surface area contributed by atoms with Gasteiger partial charge in [-0.2, -0.15) is 0 Å². The normalized spacial score (nSPS) is 25.0. The summed E-state index contributed by atoms with van der Waals surface area (Å²) < 4.78 is 10.9. The first kappa shape index (κ1) is 17.0. The second-order valence-electron chi connectivity index (χ2n) is 7.11. The van der Waals surface area contributed by atoms with Crippen LogP contribution in [0.4, 0.5) is 0 Å². The van der Waals surface area contributed by atoms with Gasteiger partial charge in [0.25, 0.3) is 0 Å². The molecule has 0 N–H and O–H groups in total. The molecule has 28 heavy (non-hydrogen) atoms. The molecule has 1 saturated heterocycles. The first-order valence-electron chi connectivity index (χ1n) is 9.49. The minimum Gasteiger partial charge on any atom is -0.497 e. The van der Waals surface area contributed by atoms with Crippen molar-refractivity contribution in [2.75, 3.05) is 14.2 Å². The largest absolute Gasteiger partial charge is 0.497 e. The lowest BCUT2D eigenvalue weighted by Gasteiger charge is -2.17. The lowest BCUT2D eigenvalue weighted by Crippen LogP contribution is -2.09. The summed E-state index contributed by atoms with van der Waals surface area (Å²) in [5.74, 6) is 1.74. The van der Waals surface area contributed by atoms with E-state index in [1.54, 1.807) is 14.2 Å². The van der Waals surface area contributed by atoms with E-state index in [0.29, 0.717) is 6.04 Å². The quantitative estimate of drug-likeness (QED) is 0.614. The average Bonchev–Trinajstić information content (AvgIpc) is 3.38. The number of para-hydroxylation sites is 1. The number of benzene rings is 3. The fourth-order valence-electron chi connectivity index (χ4n) is 4.24. The number of hydrogen-bond acceptors (Lipinski definition) is 4. The Morgan fingerprint density at radius 1 is 0.750 bits per heavy atom. The standard InChI is InChI=1S/C24H22N2O2/c1-27-18-14-12-16(13-15-18)21-23-22(17-8-4-3-5-9-17)26(23)24(25-21)19-10-6-7-11-20(19)28-2/h3-15,22-24H,1-2H3/t22-,23+,24+,26?/m1/s1. The summed E-state index contributed by atoms with van der Waals surface area (Å²) in [6, 6.07) is 27.7. The van der Waals surface area contributed by atoms with E-state index in [-0.39, 0.29) is 12.2 Å². The Morgan fingerprint density at radius 3 is 2.18 bits per heavy atom. The number of methoxy groups -OCH3 is 2. The van der Waals surface area contributed by atoms with Gasteiger partial charge in [0.05, 0.1) is 32.0 Å². The number of fused-ring (bicyclic) bond motifs is 1. The SMILES string of the molecule is COc1ccc(C2=N[C@H](c3ccccc3OC)N3[C@H](c4ccccc4)[C@H]23)cc1. The molecule has 0 bridgehead atoms. The van der Waals surface area contributed by atoms with Crippen LogP contribution in [-0.4, -0.2) is 30.9 Å². The molecule has 3 aromatic rings. The Bertz CT molecular complexity index is 1010. The maximum atomic E-state index is 5.62. The Hall–Kier alpha value is -3.11. The first-order chi connectivity index (χ1) is 13.8. The third kappa shape index (κ3) is 2.69. The van der Waals surface area contributed by atoms with Crippen LogP contribution in [0.5, 0.6) is 11.5 Å². The van der Waals surface area contributed by atoms with Crippen molar-refractivity contribution >= 4 is 5.71 Å². The molecule has 2 aliphatic heterocycles. The van der Waals surface area contributed by atoms with E-state index >= 15 is 0 Å². The van der Waals surface area contributed by atoms with Crippen molar-refractivity contribution in [3.05, 3.63) is 95.6 Å². The lowest BCUT2D eigenvalue weighted by molar-refractivity contribution is 0.366. The van der Waals surface area contributed by atoms with E-state index in [0.717, 1.165) is 28.3 Å². The van der Waals surface area contributed by atoms with Gasteiger partial charge in [-0.05, 0) is 41.5 Å². The summed E-state index contributed by atoms with van der Waals surface area (Å²) in [6.45, 7) is 0. The summed E-state index contributed by atoms with van der Waals surface area (Å²) in [7, 11) is 3.41. The van der Waals surface area contributed by atoms with Crippen LogP contribution in [0.25, 0.3) is 0 Å². The van der Waals surface area contributed by atoms with Gasteiger partial charge >= 0.3 is 0 Å². The summed E-state index contributed by atoms with van der Waals surface area (Å²) in [5, 5.41) is 0. The molecule has 1 fully saturated rings. The van der Waals surface area contributed by atoms with Crippen LogP contribution in [0.15, 0.2) is 83.9 Å². The third-order valence-corrected chi connectivity index (χ3v) is 5.62. The van der Waals surface area contributed by atoms with E-state index < -0.39 is 0 Å². The fourth-order valence-corrected chi connectivity index (χ4v) is 4.24. The van der Waals surface area contributed by atoms with E-state index in [9.17, 15) is 0 Å². The van der Waals surface area contributed by atoms with Gasteiger partial charge in [0, 0.05) is 5.56 Å². The van der Waals surface area contributed by atoms with Gasteiger partial charge in [-0.15, -0.1) is 0 Å². The minimum absolute atomic E-state index is 0.0385. The molecule has 0 aromatic heterocycles. The van der Waals surface area contributed by atoms with Crippen LogP contribution in [0.2, 0.25) is 0 Å². The Kier molecular flexibility index (Phi) is 4.14. The smallest absolute Gasteiger partial charge is 0.133 e. The van der Waals surface area contributed by atoms with E-state index in [2.05, 4.69) is 59.5 Å². The molecule has 0 radical (unpaired) electrons. The zero-order valence-electron chi connectivity index (χ0n) is 15.9. The van der Waals surface area contributed by atoms with Crippen LogP contribution >= 0.6 is 0 Å². The molecule has 4 nitrogen and oxygen atoms in total. The summed E-state index contributed by atoms with van der Waals surface area (Å²) in [6.07, 6.45) is -0.0385. The van der Waals surface area contributed by atoms with Crippen LogP contribution in [0.1, 0.15) is 28.9 Å². The number of hydrogen-bond donors (Lipinski definition) is 0. The predicted octanol–water partition coefficient (Wildman–Crippen LogP) is 4.63. The number of nitrogens with zero attached hydrogens (tertiary/aromatic N) is 2. The number of aliphatic imine (C=N–C) groups is 1. The minimum atomic E-state index is -0.0385.